The predicted octanol–water partition coefficient (Wildman–Crippen LogP) is 4.84. The third-order valence-electron chi connectivity index (χ3n) is 5.99. The fraction of sp³-hybridized carbons (Fsp3) is 0.458. The van der Waals surface area contributed by atoms with Crippen molar-refractivity contribution in [3.05, 3.63) is 70.0 Å². The molecule has 0 saturated carbocycles. The number of piperidine rings is 1. The van der Waals surface area contributed by atoms with E-state index in [0.717, 1.165) is 38.0 Å². The average molecular weight is 383 g/mol. The Balaban J connectivity index is 1.52. The Hall–Kier alpha value is -2.20. The second kappa shape index (κ2) is 8.87. The average Bonchev–Trinajstić information content (AvgIpc) is 2.67. The molecule has 0 radical (unpaired) electrons. The Labute approximate surface area is 167 Å². The number of amides is 1. The van der Waals surface area contributed by atoms with Crippen LogP contribution in [0.3, 0.4) is 0 Å². The highest BCUT2D eigenvalue weighted by Crippen LogP contribution is 2.24. The van der Waals surface area contributed by atoms with Crippen LogP contribution in [0.4, 0.5) is 4.39 Å². The van der Waals surface area contributed by atoms with Crippen LogP contribution in [0.15, 0.2) is 36.4 Å². The molecule has 0 aromatic heterocycles. The zero-order chi connectivity index (χ0) is 20.3. The number of nitrogens with one attached hydrogen (secondary N) is 1. The van der Waals surface area contributed by atoms with Gasteiger partial charge in [0.2, 0.25) is 5.91 Å². The van der Waals surface area contributed by atoms with E-state index in [0.29, 0.717) is 0 Å². The number of hydrogen-bond donors (Lipinski definition) is 1. The van der Waals surface area contributed by atoms with Crippen molar-refractivity contribution in [1.29, 1.82) is 0 Å². The van der Waals surface area contributed by atoms with E-state index in [4.69, 9.17) is 0 Å². The van der Waals surface area contributed by atoms with Gasteiger partial charge >= 0.3 is 0 Å². The van der Waals surface area contributed by atoms with E-state index < -0.39 is 0 Å². The molecule has 1 N–H and O–H groups in total. The van der Waals surface area contributed by atoms with Gasteiger partial charge in [0.15, 0.2) is 0 Å². The van der Waals surface area contributed by atoms with Crippen molar-refractivity contribution < 1.29 is 9.18 Å². The molecule has 1 fully saturated rings. The fourth-order valence-corrected chi connectivity index (χ4v) is 4.06. The van der Waals surface area contributed by atoms with E-state index in [1.54, 1.807) is 0 Å². The van der Waals surface area contributed by atoms with Gasteiger partial charge in [-0.15, -0.1) is 0 Å². The van der Waals surface area contributed by atoms with E-state index >= 15 is 0 Å². The summed E-state index contributed by atoms with van der Waals surface area (Å²) in [5, 5.41) is 3.23. The maximum absolute atomic E-state index is 13.0. The van der Waals surface area contributed by atoms with Gasteiger partial charge in [-0.1, -0.05) is 24.3 Å². The first-order valence-corrected chi connectivity index (χ1v) is 10.2. The summed E-state index contributed by atoms with van der Waals surface area (Å²) in [7, 11) is 0. The smallest absolute Gasteiger partial charge is 0.223 e. The molecule has 1 aliphatic rings. The number of likely N-dealkylation sites (tertiary alicyclic amines) is 1. The minimum atomic E-state index is -0.202. The second-order valence-corrected chi connectivity index (χ2v) is 8.20. The number of nitrogens with zero attached hydrogens (tertiary/aromatic N) is 1. The van der Waals surface area contributed by atoms with Crippen molar-refractivity contribution in [2.24, 2.45) is 5.92 Å². The summed E-state index contributed by atoms with van der Waals surface area (Å²) in [6, 6.07) is 11.1. The zero-order valence-corrected chi connectivity index (χ0v) is 17.4. The van der Waals surface area contributed by atoms with E-state index in [1.165, 1.54) is 34.4 Å². The van der Waals surface area contributed by atoms with Crippen LogP contribution in [0, 0.1) is 32.5 Å². The lowest BCUT2D eigenvalue weighted by atomic mass is 9.93. The van der Waals surface area contributed by atoms with Crippen molar-refractivity contribution in [3.8, 4) is 0 Å². The summed E-state index contributed by atoms with van der Waals surface area (Å²) in [4.78, 5) is 15.1. The van der Waals surface area contributed by atoms with Crippen LogP contribution in [0.25, 0.3) is 0 Å². The van der Waals surface area contributed by atoms with Crippen molar-refractivity contribution >= 4 is 5.91 Å². The Morgan fingerprint density at radius 3 is 2.32 bits per heavy atom. The maximum Gasteiger partial charge on any atom is 0.223 e. The van der Waals surface area contributed by atoms with Crippen LogP contribution >= 0.6 is 0 Å². The Kier molecular flexibility index (Phi) is 6.50. The maximum atomic E-state index is 13.0. The number of halogens is 1. The van der Waals surface area contributed by atoms with Gasteiger partial charge in [0.25, 0.3) is 0 Å². The molecular weight excluding hydrogens is 351 g/mol. The van der Waals surface area contributed by atoms with E-state index in [-0.39, 0.29) is 23.7 Å². The Bertz CT molecular complexity index is 823. The molecular formula is C24H31FN2O. The molecule has 150 valence electrons. The second-order valence-electron chi connectivity index (χ2n) is 8.20. The van der Waals surface area contributed by atoms with Crippen molar-refractivity contribution in [2.45, 2.75) is 53.1 Å². The van der Waals surface area contributed by atoms with Crippen LogP contribution < -0.4 is 5.32 Å². The van der Waals surface area contributed by atoms with Gasteiger partial charge in [-0.2, -0.15) is 0 Å². The van der Waals surface area contributed by atoms with Gasteiger partial charge < -0.3 is 5.32 Å². The lowest BCUT2D eigenvalue weighted by molar-refractivity contribution is -0.127. The number of carbonyl (C=O) groups is 1. The van der Waals surface area contributed by atoms with Crippen LogP contribution in [0.5, 0.6) is 0 Å². The third kappa shape index (κ3) is 4.99. The SMILES string of the molecule is Cc1cc(C)c([C@H](C)NC(=O)C2CCN(Cc3ccc(F)cc3)CC2)cc1C. The summed E-state index contributed by atoms with van der Waals surface area (Å²) < 4.78 is 13.0. The number of hydrogen-bond acceptors (Lipinski definition) is 2. The first-order chi connectivity index (χ1) is 13.3. The molecule has 28 heavy (non-hydrogen) atoms. The van der Waals surface area contributed by atoms with Crippen molar-refractivity contribution in [2.75, 3.05) is 13.1 Å². The van der Waals surface area contributed by atoms with Gasteiger partial charge in [-0.05, 0) is 93.6 Å². The van der Waals surface area contributed by atoms with E-state index in [2.05, 4.69) is 50.0 Å². The summed E-state index contributed by atoms with van der Waals surface area (Å²) in [6.45, 7) is 11.0. The number of aryl methyl sites for hydroxylation is 3. The summed E-state index contributed by atoms with van der Waals surface area (Å²) in [5.74, 6) is 0.0255. The quantitative estimate of drug-likeness (QED) is 0.802. The minimum Gasteiger partial charge on any atom is -0.349 e. The molecule has 0 bridgehead atoms. The largest absolute Gasteiger partial charge is 0.349 e. The molecule has 1 heterocycles. The Morgan fingerprint density at radius 1 is 1.07 bits per heavy atom. The minimum absolute atomic E-state index is 0.0176. The molecule has 1 saturated heterocycles. The number of carbonyl (C=O) groups excluding carboxylic acids is 1. The molecule has 0 spiro atoms. The van der Waals surface area contributed by atoms with E-state index in [1.807, 2.05) is 12.1 Å². The molecule has 1 atom stereocenters. The first-order valence-electron chi connectivity index (χ1n) is 10.2. The highest BCUT2D eigenvalue weighted by molar-refractivity contribution is 5.79. The highest BCUT2D eigenvalue weighted by Gasteiger charge is 2.26. The number of benzene rings is 2. The number of rotatable bonds is 5. The first kappa shape index (κ1) is 20.5. The zero-order valence-electron chi connectivity index (χ0n) is 17.4. The molecule has 4 heteroatoms. The van der Waals surface area contributed by atoms with Gasteiger partial charge in [0.1, 0.15) is 5.82 Å². The molecule has 1 amide bonds. The van der Waals surface area contributed by atoms with Gasteiger partial charge in [-0.25, -0.2) is 4.39 Å². The van der Waals surface area contributed by atoms with Crippen LogP contribution in [0.1, 0.15) is 53.6 Å². The predicted molar refractivity (Wildman–Crippen MR) is 112 cm³/mol. The van der Waals surface area contributed by atoms with Crippen LogP contribution in [-0.2, 0) is 11.3 Å². The molecule has 0 aliphatic carbocycles. The molecule has 0 unspecified atom stereocenters. The summed E-state index contributed by atoms with van der Waals surface area (Å²) >= 11 is 0. The normalized spacial score (nSPS) is 16.8. The summed E-state index contributed by atoms with van der Waals surface area (Å²) in [6.07, 6.45) is 1.73. The monoisotopic (exact) mass is 382 g/mol. The third-order valence-corrected chi connectivity index (χ3v) is 5.99. The molecule has 3 rings (SSSR count). The topological polar surface area (TPSA) is 32.3 Å². The highest BCUT2D eigenvalue weighted by atomic mass is 19.1. The summed E-state index contributed by atoms with van der Waals surface area (Å²) in [5.41, 5.74) is 6.09. The molecule has 1 aliphatic heterocycles. The van der Waals surface area contributed by atoms with Gasteiger partial charge in [-0.3, -0.25) is 9.69 Å². The van der Waals surface area contributed by atoms with Gasteiger partial charge in [0.05, 0.1) is 6.04 Å². The Morgan fingerprint density at radius 2 is 1.68 bits per heavy atom. The lowest BCUT2D eigenvalue weighted by Crippen LogP contribution is -2.41. The molecule has 3 nitrogen and oxygen atoms in total. The molecule has 2 aromatic rings. The molecule has 2 aromatic carbocycles. The lowest BCUT2D eigenvalue weighted by Gasteiger charge is -2.32. The van der Waals surface area contributed by atoms with Crippen LogP contribution in [-0.4, -0.2) is 23.9 Å². The van der Waals surface area contributed by atoms with E-state index in [9.17, 15) is 9.18 Å². The van der Waals surface area contributed by atoms with Crippen molar-refractivity contribution in [1.82, 2.24) is 10.2 Å². The van der Waals surface area contributed by atoms with Crippen molar-refractivity contribution in [3.63, 3.8) is 0 Å². The fourth-order valence-electron chi connectivity index (χ4n) is 4.06. The van der Waals surface area contributed by atoms with Crippen LogP contribution in [0.2, 0.25) is 0 Å². The standard InChI is InChI=1S/C24H31FN2O/c1-16-13-18(3)23(14-17(16)2)19(4)26-24(28)21-9-11-27(12-10-21)15-20-5-7-22(25)8-6-20/h5-8,13-14,19,21H,9-12,15H2,1-4H3,(H,26,28)/t19-/m0/s1. The van der Waals surface area contributed by atoms with Gasteiger partial charge in [0, 0.05) is 12.5 Å².